The first-order chi connectivity index (χ1) is 9.72. The zero-order valence-electron chi connectivity index (χ0n) is 11.1. The highest BCUT2D eigenvalue weighted by Crippen LogP contribution is 2.30. The molecule has 20 heavy (non-hydrogen) atoms. The van der Waals surface area contributed by atoms with E-state index in [1.54, 1.807) is 35.2 Å². The second-order valence-corrected chi connectivity index (χ2v) is 4.50. The van der Waals surface area contributed by atoms with Crippen molar-refractivity contribution in [3.05, 3.63) is 47.8 Å². The summed E-state index contributed by atoms with van der Waals surface area (Å²) in [5.41, 5.74) is 1.47. The molecular formula is C15H14N2O3. The molecule has 2 heterocycles. The molecule has 5 heteroatoms. The zero-order chi connectivity index (χ0) is 13.9. The van der Waals surface area contributed by atoms with Gasteiger partial charge in [-0.15, -0.1) is 0 Å². The summed E-state index contributed by atoms with van der Waals surface area (Å²) < 4.78 is 12.6. The lowest BCUT2D eigenvalue weighted by Gasteiger charge is -2.18. The number of hydrogen-bond acceptors (Lipinski definition) is 4. The van der Waals surface area contributed by atoms with Gasteiger partial charge in [0.2, 0.25) is 0 Å². The van der Waals surface area contributed by atoms with Crippen molar-refractivity contribution in [1.29, 1.82) is 0 Å². The van der Waals surface area contributed by atoms with Gasteiger partial charge in [-0.2, -0.15) is 5.10 Å². The average molecular weight is 270 g/mol. The van der Waals surface area contributed by atoms with Crippen molar-refractivity contribution in [3.8, 4) is 11.5 Å². The van der Waals surface area contributed by atoms with E-state index >= 15 is 0 Å². The number of ketones is 1. The maximum atomic E-state index is 12.1. The first-order valence-corrected chi connectivity index (χ1v) is 6.33. The summed E-state index contributed by atoms with van der Waals surface area (Å²) in [7, 11) is 1.83. The van der Waals surface area contributed by atoms with Crippen LogP contribution >= 0.6 is 0 Å². The number of benzene rings is 1. The van der Waals surface area contributed by atoms with Gasteiger partial charge in [-0.1, -0.05) is 0 Å². The standard InChI is InChI=1S/C15H14N2O3/c1-17-10-11(9-16-17)2-4-13(18)12-3-5-14-15(8-12)20-7-6-19-14/h2-5,8-10H,6-7H2,1H3/b4-2-. The number of hydrogen-bond donors (Lipinski definition) is 0. The summed E-state index contributed by atoms with van der Waals surface area (Å²) in [6, 6.07) is 5.22. The molecule has 0 saturated carbocycles. The van der Waals surface area contributed by atoms with Gasteiger partial charge in [0.05, 0.1) is 6.20 Å². The van der Waals surface area contributed by atoms with Crippen molar-refractivity contribution < 1.29 is 14.3 Å². The third-order valence-electron chi connectivity index (χ3n) is 2.98. The van der Waals surface area contributed by atoms with Gasteiger partial charge in [-0.05, 0) is 30.4 Å². The molecule has 1 aromatic carbocycles. The summed E-state index contributed by atoms with van der Waals surface area (Å²) >= 11 is 0. The lowest BCUT2D eigenvalue weighted by atomic mass is 10.1. The van der Waals surface area contributed by atoms with Crippen molar-refractivity contribution in [2.75, 3.05) is 13.2 Å². The van der Waals surface area contributed by atoms with Crippen LogP contribution in [0.3, 0.4) is 0 Å². The highest BCUT2D eigenvalue weighted by molar-refractivity contribution is 6.07. The van der Waals surface area contributed by atoms with Crippen LogP contribution in [0.15, 0.2) is 36.7 Å². The normalized spacial score (nSPS) is 13.7. The van der Waals surface area contributed by atoms with E-state index in [1.807, 2.05) is 13.2 Å². The van der Waals surface area contributed by atoms with Crippen LogP contribution in [0.2, 0.25) is 0 Å². The number of nitrogens with zero attached hydrogens (tertiary/aromatic N) is 2. The molecule has 0 atom stereocenters. The number of fused-ring (bicyclic) bond motifs is 1. The van der Waals surface area contributed by atoms with Crippen molar-refractivity contribution in [2.45, 2.75) is 0 Å². The monoisotopic (exact) mass is 270 g/mol. The maximum absolute atomic E-state index is 12.1. The van der Waals surface area contributed by atoms with E-state index in [9.17, 15) is 4.79 Å². The van der Waals surface area contributed by atoms with E-state index in [0.717, 1.165) is 5.56 Å². The predicted molar refractivity (Wildman–Crippen MR) is 74.0 cm³/mol. The van der Waals surface area contributed by atoms with Gasteiger partial charge in [0.25, 0.3) is 0 Å². The Kier molecular flexibility index (Phi) is 3.25. The van der Waals surface area contributed by atoms with Crippen LogP contribution in [0.4, 0.5) is 0 Å². The van der Waals surface area contributed by atoms with Crippen LogP contribution in [0, 0.1) is 0 Å². The molecule has 0 radical (unpaired) electrons. The van der Waals surface area contributed by atoms with Crippen LogP contribution in [-0.4, -0.2) is 28.8 Å². The van der Waals surface area contributed by atoms with Crippen LogP contribution in [0.1, 0.15) is 15.9 Å². The number of carbonyl (C=O) groups excluding carboxylic acids is 1. The minimum atomic E-state index is -0.0779. The number of carbonyl (C=O) groups is 1. The van der Waals surface area contributed by atoms with Gasteiger partial charge in [-0.25, -0.2) is 0 Å². The Hall–Kier alpha value is -2.56. The van der Waals surface area contributed by atoms with Crippen molar-refractivity contribution in [3.63, 3.8) is 0 Å². The quantitative estimate of drug-likeness (QED) is 0.633. The molecule has 0 bridgehead atoms. The first kappa shape index (κ1) is 12.5. The maximum Gasteiger partial charge on any atom is 0.185 e. The molecule has 1 aliphatic heterocycles. The third kappa shape index (κ3) is 2.56. The Morgan fingerprint density at radius 1 is 1.30 bits per heavy atom. The SMILES string of the molecule is Cn1cc(/C=C\C(=O)c2ccc3c(c2)OCCO3)cn1. The molecule has 0 unspecified atom stereocenters. The van der Waals surface area contributed by atoms with Crippen LogP contribution in [0.5, 0.6) is 11.5 Å². The smallest absolute Gasteiger partial charge is 0.185 e. The summed E-state index contributed by atoms with van der Waals surface area (Å²) in [6.45, 7) is 1.05. The number of ether oxygens (including phenoxy) is 2. The fourth-order valence-corrected chi connectivity index (χ4v) is 1.99. The van der Waals surface area contributed by atoms with E-state index in [0.29, 0.717) is 30.3 Å². The third-order valence-corrected chi connectivity index (χ3v) is 2.98. The molecule has 2 aromatic rings. The largest absolute Gasteiger partial charge is 0.486 e. The summed E-state index contributed by atoms with van der Waals surface area (Å²) in [5, 5.41) is 4.04. The molecule has 1 aromatic heterocycles. The molecule has 0 aliphatic carbocycles. The van der Waals surface area contributed by atoms with Gasteiger partial charge in [0, 0.05) is 24.4 Å². The summed E-state index contributed by atoms with van der Waals surface area (Å²) in [4.78, 5) is 12.1. The molecule has 5 nitrogen and oxygen atoms in total. The molecule has 0 spiro atoms. The fraction of sp³-hybridized carbons (Fsp3) is 0.200. The summed E-state index contributed by atoms with van der Waals surface area (Å²) in [6.07, 6.45) is 6.82. The predicted octanol–water partition coefficient (Wildman–Crippen LogP) is 2.09. The molecular weight excluding hydrogens is 256 g/mol. The Morgan fingerprint density at radius 3 is 2.85 bits per heavy atom. The average Bonchev–Trinajstić information content (AvgIpc) is 2.90. The Balaban J connectivity index is 1.78. The Morgan fingerprint density at radius 2 is 2.10 bits per heavy atom. The van der Waals surface area contributed by atoms with E-state index in [-0.39, 0.29) is 5.78 Å². The van der Waals surface area contributed by atoms with Crippen LogP contribution in [-0.2, 0) is 7.05 Å². The number of aromatic nitrogens is 2. The van der Waals surface area contributed by atoms with Gasteiger partial charge in [0.15, 0.2) is 17.3 Å². The van der Waals surface area contributed by atoms with Crippen molar-refractivity contribution >= 4 is 11.9 Å². The van der Waals surface area contributed by atoms with Gasteiger partial charge in [-0.3, -0.25) is 9.48 Å². The minimum absolute atomic E-state index is 0.0779. The van der Waals surface area contributed by atoms with E-state index < -0.39 is 0 Å². The highest BCUT2D eigenvalue weighted by atomic mass is 16.6. The zero-order valence-corrected chi connectivity index (χ0v) is 11.1. The number of aryl methyl sites for hydroxylation is 1. The topological polar surface area (TPSA) is 53.4 Å². The molecule has 0 fully saturated rings. The highest BCUT2D eigenvalue weighted by Gasteiger charge is 2.13. The van der Waals surface area contributed by atoms with Crippen molar-refractivity contribution in [2.24, 2.45) is 7.05 Å². The van der Waals surface area contributed by atoms with Gasteiger partial charge in [0.1, 0.15) is 13.2 Å². The minimum Gasteiger partial charge on any atom is -0.486 e. The van der Waals surface area contributed by atoms with E-state index in [1.165, 1.54) is 6.08 Å². The molecule has 0 amide bonds. The van der Waals surface area contributed by atoms with E-state index in [4.69, 9.17) is 9.47 Å². The second-order valence-electron chi connectivity index (χ2n) is 4.50. The first-order valence-electron chi connectivity index (χ1n) is 6.33. The Labute approximate surface area is 116 Å². The second kappa shape index (κ2) is 5.21. The van der Waals surface area contributed by atoms with Crippen LogP contribution < -0.4 is 9.47 Å². The van der Waals surface area contributed by atoms with E-state index in [2.05, 4.69) is 5.10 Å². The van der Waals surface area contributed by atoms with Crippen LogP contribution in [0.25, 0.3) is 6.08 Å². The fourth-order valence-electron chi connectivity index (χ4n) is 1.99. The molecule has 1 aliphatic rings. The summed E-state index contributed by atoms with van der Waals surface area (Å²) in [5.74, 6) is 1.23. The molecule has 3 rings (SSSR count). The lowest BCUT2D eigenvalue weighted by molar-refractivity contribution is 0.104. The lowest BCUT2D eigenvalue weighted by Crippen LogP contribution is -2.15. The number of allylic oxidation sites excluding steroid dienone is 1. The van der Waals surface area contributed by atoms with Crippen molar-refractivity contribution in [1.82, 2.24) is 9.78 Å². The molecule has 102 valence electrons. The van der Waals surface area contributed by atoms with Gasteiger partial charge < -0.3 is 9.47 Å². The molecule has 0 N–H and O–H groups in total. The van der Waals surface area contributed by atoms with Gasteiger partial charge >= 0.3 is 0 Å². The number of rotatable bonds is 3. The molecule has 0 saturated heterocycles. The Bertz CT molecular complexity index is 674.